The first-order chi connectivity index (χ1) is 21.4. The van der Waals surface area contributed by atoms with E-state index >= 15 is 0 Å². The van der Waals surface area contributed by atoms with Crippen molar-refractivity contribution in [2.45, 2.75) is 47.7 Å². The van der Waals surface area contributed by atoms with Crippen LogP contribution in [0.3, 0.4) is 0 Å². The minimum atomic E-state index is -0.147. The summed E-state index contributed by atoms with van der Waals surface area (Å²) in [5.41, 5.74) is 12.6. The zero-order chi connectivity index (χ0) is 33.1. The number of aryl methyl sites for hydroxylation is 3. The lowest BCUT2D eigenvalue weighted by atomic mass is 10.1. The number of nitrogens with two attached hydrogens (primary N) is 1. The third kappa shape index (κ3) is 9.34. The number of aromatic nitrogens is 3. The Hall–Kier alpha value is -5.31. The molecular formula is C36H42N4O5. The van der Waals surface area contributed by atoms with Crippen LogP contribution in [0.1, 0.15) is 38.9 Å². The summed E-state index contributed by atoms with van der Waals surface area (Å²) in [4.78, 5) is 37.4. The normalized spacial score (nSPS) is 10.2. The minimum Gasteiger partial charge on any atom is -0.497 e. The number of pyridine rings is 3. The van der Waals surface area contributed by atoms with Gasteiger partial charge in [-0.3, -0.25) is 14.4 Å². The number of aromatic amines is 1. The molecule has 5 aromatic rings. The molecule has 0 aliphatic rings. The van der Waals surface area contributed by atoms with Crippen LogP contribution in [0.15, 0.2) is 99.7 Å². The summed E-state index contributed by atoms with van der Waals surface area (Å²) in [6.07, 6.45) is 5.26. The van der Waals surface area contributed by atoms with Gasteiger partial charge in [0.1, 0.15) is 17.2 Å². The number of anilines is 1. The first-order valence-electron chi connectivity index (χ1n) is 14.5. The fraction of sp³-hybridized carbons (Fsp3) is 0.250. The summed E-state index contributed by atoms with van der Waals surface area (Å²) < 4.78 is 13.5. The summed E-state index contributed by atoms with van der Waals surface area (Å²) in [7, 11) is 3.27. The van der Waals surface area contributed by atoms with Crippen molar-refractivity contribution in [3.05, 3.63) is 155 Å². The molecule has 0 radical (unpaired) electrons. The molecule has 0 saturated carbocycles. The standard InChI is InChI=1S/C15H17NO2.C14H16N2O2.C7H9NO/c1-11-8-9-16(15(17)12(11)2)10-13-4-6-14(18-3)7-5-13;1-10-7-8-16(14(17)13(10)15)9-11-3-5-12(18-2)6-4-11;1-5-3-4-8-7(9)6(5)2/h4-9H,10H2,1-3H3;3-8H,9,15H2,1-2H3;3-4H,1-2H3,(H,8,9). The second kappa shape index (κ2) is 16.0. The van der Waals surface area contributed by atoms with Crippen LogP contribution in [0.4, 0.5) is 5.69 Å². The largest absolute Gasteiger partial charge is 0.497 e. The highest BCUT2D eigenvalue weighted by Crippen LogP contribution is 2.13. The number of H-pyrrole nitrogens is 1. The van der Waals surface area contributed by atoms with E-state index in [1.807, 2.05) is 108 Å². The van der Waals surface area contributed by atoms with E-state index in [1.165, 1.54) is 0 Å². The van der Waals surface area contributed by atoms with Crippen LogP contribution in [0.5, 0.6) is 11.5 Å². The Morgan fingerprint density at radius 1 is 0.600 bits per heavy atom. The number of hydrogen-bond donors (Lipinski definition) is 2. The number of ether oxygens (including phenoxy) is 2. The first-order valence-corrected chi connectivity index (χ1v) is 14.5. The molecule has 0 atom stereocenters. The summed E-state index contributed by atoms with van der Waals surface area (Å²) in [5, 5.41) is 0. The van der Waals surface area contributed by atoms with Crippen LogP contribution in [0, 0.1) is 34.6 Å². The molecular weight excluding hydrogens is 568 g/mol. The molecule has 3 heterocycles. The number of methoxy groups -OCH3 is 2. The second-order valence-corrected chi connectivity index (χ2v) is 10.7. The third-order valence-electron chi connectivity index (χ3n) is 7.60. The molecule has 0 spiro atoms. The summed E-state index contributed by atoms with van der Waals surface area (Å²) in [6, 6.07) is 21.1. The van der Waals surface area contributed by atoms with Gasteiger partial charge >= 0.3 is 0 Å². The maximum Gasteiger partial charge on any atom is 0.274 e. The molecule has 0 unspecified atom stereocenters. The molecule has 9 nitrogen and oxygen atoms in total. The molecule has 9 heteroatoms. The topological polar surface area (TPSA) is 121 Å². The first kappa shape index (κ1) is 34.2. The molecule has 0 amide bonds. The molecule has 3 N–H and O–H groups in total. The van der Waals surface area contributed by atoms with Crippen molar-refractivity contribution in [2.75, 3.05) is 20.0 Å². The van der Waals surface area contributed by atoms with E-state index in [1.54, 1.807) is 35.7 Å². The molecule has 0 saturated heterocycles. The van der Waals surface area contributed by atoms with Crippen LogP contribution in [0.2, 0.25) is 0 Å². The number of nitrogens with one attached hydrogen (secondary N) is 1. The lowest BCUT2D eigenvalue weighted by Gasteiger charge is -2.09. The predicted octanol–water partition coefficient (Wildman–Crippen LogP) is 5.31. The van der Waals surface area contributed by atoms with Crippen molar-refractivity contribution in [3.8, 4) is 11.5 Å². The Balaban J connectivity index is 0.000000195. The number of benzene rings is 2. The predicted molar refractivity (Wildman–Crippen MR) is 181 cm³/mol. The minimum absolute atomic E-state index is 0.00926. The van der Waals surface area contributed by atoms with Crippen LogP contribution in [-0.2, 0) is 13.1 Å². The van der Waals surface area contributed by atoms with Gasteiger partial charge in [-0.25, -0.2) is 0 Å². The van der Waals surface area contributed by atoms with Gasteiger partial charge in [-0.15, -0.1) is 0 Å². The highest BCUT2D eigenvalue weighted by molar-refractivity contribution is 5.43. The lowest BCUT2D eigenvalue weighted by Crippen LogP contribution is -2.23. The van der Waals surface area contributed by atoms with Gasteiger partial charge < -0.3 is 29.3 Å². The molecule has 0 aliphatic heterocycles. The highest BCUT2D eigenvalue weighted by atomic mass is 16.5. The van der Waals surface area contributed by atoms with E-state index in [0.29, 0.717) is 18.8 Å². The van der Waals surface area contributed by atoms with Crippen molar-refractivity contribution in [2.24, 2.45) is 0 Å². The van der Waals surface area contributed by atoms with Gasteiger partial charge in [0, 0.05) is 29.7 Å². The Morgan fingerprint density at radius 3 is 1.49 bits per heavy atom. The molecule has 45 heavy (non-hydrogen) atoms. The zero-order valence-electron chi connectivity index (χ0n) is 27.0. The van der Waals surface area contributed by atoms with Crippen molar-refractivity contribution in [1.82, 2.24) is 14.1 Å². The van der Waals surface area contributed by atoms with Gasteiger partial charge in [-0.1, -0.05) is 24.3 Å². The number of nitrogens with zero attached hydrogens (tertiary/aromatic N) is 2. The fourth-order valence-corrected chi connectivity index (χ4v) is 4.22. The van der Waals surface area contributed by atoms with E-state index in [-0.39, 0.29) is 16.7 Å². The molecule has 5 rings (SSSR count). The second-order valence-electron chi connectivity index (χ2n) is 10.7. The summed E-state index contributed by atoms with van der Waals surface area (Å²) in [5.74, 6) is 1.63. The molecule has 2 aromatic carbocycles. The lowest BCUT2D eigenvalue weighted by molar-refractivity contribution is 0.414. The Morgan fingerprint density at radius 2 is 1.04 bits per heavy atom. The van der Waals surface area contributed by atoms with Crippen LogP contribution in [0.25, 0.3) is 0 Å². The summed E-state index contributed by atoms with van der Waals surface area (Å²) >= 11 is 0. The molecule has 0 bridgehead atoms. The van der Waals surface area contributed by atoms with Crippen molar-refractivity contribution < 1.29 is 9.47 Å². The third-order valence-corrected chi connectivity index (χ3v) is 7.60. The zero-order valence-corrected chi connectivity index (χ0v) is 27.0. The average Bonchev–Trinajstić information content (AvgIpc) is 3.05. The molecule has 236 valence electrons. The Labute approximate surface area is 263 Å². The quantitative estimate of drug-likeness (QED) is 0.269. The highest BCUT2D eigenvalue weighted by Gasteiger charge is 2.05. The van der Waals surface area contributed by atoms with Crippen LogP contribution in [-0.4, -0.2) is 28.3 Å². The Kier molecular flexibility index (Phi) is 12.1. The monoisotopic (exact) mass is 610 g/mol. The van der Waals surface area contributed by atoms with Gasteiger partial charge in [0.25, 0.3) is 16.7 Å². The number of nitrogen functional groups attached to an aromatic ring is 1. The maximum absolute atomic E-state index is 12.1. The Bertz CT molecular complexity index is 1780. The van der Waals surface area contributed by atoms with Crippen LogP contribution >= 0.6 is 0 Å². The molecule has 3 aromatic heterocycles. The number of hydrogen-bond acceptors (Lipinski definition) is 6. The molecule has 0 fully saturated rings. The van der Waals surface area contributed by atoms with Gasteiger partial charge in [-0.05, 0) is 105 Å². The van der Waals surface area contributed by atoms with E-state index in [2.05, 4.69) is 4.98 Å². The maximum atomic E-state index is 12.1. The van der Waals surface area contributed by atoms with Gasteiger partial charge in [0.05, 0.1) is 27.3 Å². The van der Waals surface area contributed by atoms with Crippen molar-refractivity contribution in [3.63, 3.8) is 0 Å². The number of rotatable bonds is 6. The average molecular weight is 611 g/mol. The van der Waals surface area contributed by atoms with Gasteiger partial charge in [0.2, 0.25) is 0 Å². The van der Waals surface area contributed by atoms with Gasteiger partial charge in [-0.2, -0.15) is 0 Å². The molecule has 0 aliphatic carbocycles. The smallest absolute Gasteiger partial charge is 0.274 e. The fourth-order valence-electron chi connectivity index (χ4n) is 4.22. The van der Waals surface area contributed by atoms with Crippen molar-refractivity contribution in [1.29, 1.82) is 0 Å². The van der Waals surface area contributed by atoms with Crippen molar-refractivity contribution >= 4 is 5.69 Å². The van der Waals surface area contributed by atoms with E-state index in [0.717, 1.165) is 50.4 Å². The SMILES string of the molecule is COc1ccc(Cn2ccc(C)c(C)c2=O)cc1.COc1ccc(Cn2ccc(C)c(N)c2=O)cc1.Cc1cc[nH]c(=O)c1C. The van der Waals surface area contributed by atoms with Gasteiger partial charge in [0.15, 0.2) is 0 Å². The van der Waals surface area contributed by atoms with E-state index in [4.69, 9.17) is 15.2 Å². The van der Waals surface area contributed by atoms with E-state index < -0.39 is 0 Å². The van der Waals surface area contributed by atoms with Crippen LogP contribution < -0.4 is 31.9 Å². The van der Waals surface area contributed by atoms with E-state index in [9.17, 15) is 14.4 Å². The summed E-state index contributed by atoms with van der Waals surface area (Å²) in [6.45, 7) is 10.5.